The van der Waals surface area contributed by atoms with Crippen LogP contribution in [0.3, 0.4) is 0 Å². The summed E-state index contributed by atoms with van der Waals surface area (Å²) in [4.78, 5) is 24.8. The fourth-order valence-corrected chi connectivity index (χ4v) is 3.69. The molecule has 1 aliphatic carbocycles. The van der Waals surface area contributed by atoms with Gasteiger partial charge >= 0.3 is 5.97 Å². The Morgan fingerprint density at radius 3 is 2.59 bits per heavy atom. The third-order valence-corrected chi connectivity index (χ3v) is 5.49. The van der Waals surface area contributed by atoms with Crippen LogP contribution < -0.4 is 10.1 Å². The number of carbonyl (C=O) groups excluding carboxylic acids is 2. The first-order chi connectivity index (χ1) is 14.0. The number of hydrogen-bond acceptors (Lipinski definition) is 6. The molecule has 2 fully saturated rings. The number of rotatable bonds is 7. The maximum atomic E-state index is 12.4. The lowest BCUT2D eigenvalue weighted by atomic mass is 9.83. The fraction of sp³-hybridized carbons (Fsp3) is 0.591. The van der Waals surface area contributed by atoms with Crippen LogP contribution in [0.25, 0.3) is 0 Å². The summed E-state index contributed by atoms with van der Waals surface area (Å²) in [6.45, 7) is 2.78. The molecular formula is C22H28N2O5. The monoisotopic (exact) mass is 400 g/mol. The minimum absolute atomic E-state index is 0.125. The van der Waals surface area contributed by atoms with Gasteiger partial charge in [-0.2, -0.15) is 5.26 Å². The number of hydrogen-bond donors (Lipinski definition) is 1. The van der Waals surface area contributed by atoms with E-state index in [-0.39, 0.29) is 6.10 Å². The third-order valence-electron chi connectivity index (χ3n) is 5.49. The Kier molecular flexibility index (Phi) is 7.10. The van der Waals surface area contributed by atoms with E-state index in [1.165, 1.54) is 6.92 Å². The number of nitrogens with zero attached hydrogens (tertiary/aromatic N) is 1. The van der Waals surface area contributed by atoms with Crippen LogP contribution in [0.2, 0.25) is 0 Å². The molecule has 1 amide bonds. The van der Waals surface area contributed by atoms with Crippen molar-refractivity contribution in [3.05, 3.63) is 29.8 Å². The van der Waals surface area contributed by atoms with Crippen LogP contribution in [0.5, 0.6) is 5.75 Å². The Hall–Kier alpha value is -2.59. The van der Waals surface area contributed by atoms with Crippen molar-refractivity contribution in [1.82, 2.24) is 5.32 Å². The highest BCUT2D eigenvalue weighted by molar-refractivity contribution is 5.92. The summed E-state index contributed by atoms with van der Waals surface area (Å²) in [5.74, 6) is -0.387. The lowest BCUT2D eigenvalue weighted by molar-refractivity contribution is -0.130. The highest BCUT2D eigenvalue weighted by atomic mass is 16.5. The highest BCUT2D eigenvalue weighted by Gasteiger charge is 2.35. The van der Waals surface area contributed by atoms with Gasteiger partial charge in [0.2, 0.25) is 0 Å². The summed E-state index contributed by atoms with van der Waals surface area (Å²) >= 11 is 0. The van der Waals surface area contributed by atoms with Crippen LogP contribution >= 0.6 is 0 Å². The predicted molar refractivity (Wildman–Crippen MR) is 105 cm³/mol. The van der Waals surface area contributed by atoms with Gasteiger partial charge in [-0.05, 0) is 56.9 Å². The number of amides is 1. The Balaban J connectivity index is 1.49. The van der Waals surface area contributed by atoms with Crippen LogP contribution in [0, 0.1) is 11.3 Å². The van der Waals surface area contributed by atoms with E-state index in [0.29, 0.717) is 30.8 Å². The molecule has 1 saturated carbocycles. The maximum absolute atomic E-state index is 12.4. The van der Waals surface area contributed by atoms with Crippen LogP contribution in [0.1, 0.15) is 62.2 Å². The average Bonchev–Trinajstić information content (AvgIpc) is 3.27. The second-order valence-corrected chi connectivity index (χ2v) is 7.76. The summed E-state index contributed by atoms with van der Waals surface area (Å²) in [6, 6.07) is 8.84. The number of nitriles is 1. The van der Waals surface area contributed by atoms with Crippen molar-refractivity contribution in [3.63, 3.8) is 0 Å². The van der Waals surface area contributed by atoms with Gasteiger partial charge in [-0.25, -0.2) is 4.79 Å². The predicted octanol–water partition coefficient (Wildman–Crippen LogP) is 3.13. The number of carbonyl (C=O) groups is 2. The largest absolute Gasteiger partial charge is 0.491 e. The number of ether oxygens (including phenoxy) is 3. The SMILES string of the molecule is C[C@H](OC(=O)c1ccc(OC[C@H]2CCCO2)cc1)C(=O)NC1(C#N)CCCCC1. The van der Waals surface area contributed by atoms with E-state index in [4.69, 9.17) is 14.2 Å². The van der Waals surface area contributed by atoms with Crippen molar-refractivity contribution in [2.24, 2.45) is 0 Å². The van der Waals surface area contributed by atoms with E-state index in [2.05, 4.69) is 11.4 Å². The number of esters is 1. The van der Waals surface area contributed by atoms with Gasteiger partial charge in [0.25, 0.3) is 5.91 Å². The Labute approximate surface area is 171 Å². The van der Waals surface area contributed by atoms with E-state index in [1.807, 2.05) is 0 Å². The second-order valence-electron chi connectivity index (χ2n) is 7.76. The Morgan fingerprint density at radius 1 is 1.24 bits per heavy atom. The van der Waals surface area contributed by atoms with Crippen LogP contribution in [0.15, 0.2) is 24.3 Å². The summed E-state index contributed by atoms with van der Waals surface area (Å²) in [7, 11) is 0. The van der Waals surface area contributed by atoms with Crippen molar-refractivity contribution < 1.29 is 23.8 Å². The second kappa shape index (κ2) is 9.75. The van der Waals surface area contributed by atoms with Crippen LogP contribution in [-0.2, 0) is 14.3 Å². The van der Waals surface area contributed by atoms with Gasteiger partial charge in [-0.3, -0.25) is 4.79 Å². The molecule has 1 saturated heterocycles. The zero-order chi connectivity index (χ0) is 20.7. The van der Waals surface area contributed by atoms with Gasteiger partial charge < -0.3 is 19.5 Å². The topological polar surface area (TPSA) is 97.7 Å². The molecule has 2 atom stereocenters. The van der Waals surface area contributed by atoms with Gasteiger partial charge in [0.05, 0.1) is 17.7 Å². The Bertz CT molecular complexity index is 743. The molecule has 1 aromatic carbocycles. The van der Waals surface area contributed by atoms with Crippen molar-refractivity contribution in [2.45, 2.75) is 69.6 Å². The summed E-state index contributed by atoms with van der Waals surface area (Å²) in [5.41, 5.74) is -0.514. The van der Waals surface area contributed by atoms with Crippen molar-refractivity contribution in [2.75, 3.05) is 13.2 Å². The molecule has 0 radical (unpaired) electrons. The molecule has 1 aliphatic heterocycles. The molecule has 0 aromatic heterocycles. The molecule has 156 valence electrons. The van der Waals surface area contributed by atoms with E-state index in [9.17, 15) is 14.9 Å². The normalized spacial score (nSPS) is 21.6. The van der Waals surface area contributed by atoms with E-state index in [0.717, 1.165) is 38.7 Å². The molecule has 1 aromatic rings. The van der Waals surface area contributed by atoms with Crippen molar-refractivity contribution in [1.29, 1.82) is 5.26 Å². The van der Waals surface area contributed by atoms with Gasteiger partial charge in [-0.1, -0.05) is 19.3 Å². The minimum Gasteiger partial charge on any atom is -0.491 e. The van der Waals surface area contributed by atoms with Crippen molar-refractivity contribution >= 4 is 11.9 Å². The van der Waals surface area contributed by atoms with E-state index >= 15 is 0 Å². The molecule has 0 spiro atoms. The molecule has 0 bridgehead atoms. The molecule has 0 unspecified atom stereocenters. The number of nitrogens with one attached hydrogen (secondary N) is 1. The quantitative estimate of drug-likeness (QED) is 0.706. The molecule has 2 aliphatic rings. The summed E-state index contributed by atoms with van der Waals surface area (Å²) < 4.78 is 16.5. The fourth-order valence-electron chi connectivity index (χ4n) is 3.69. The van der Waals surface area contributed by atoms with Gasteiger partial charge in [0.1, 0.15) is 17.9 Å². The first-order valence-corrected chi connectivity index (χ1v) is 10.3. The lowest BCUT2D eigenvalue weighted by Gasteiger charge is -2.32. The Morgan fingerprint density at radius 2 is 1.97 bits per heavy atom. The van der Waals surface area contributed by atoms with Crippen LogP contribution in [0.4, 0.5) is 0 Å². The first-order valence-electron chi connectivity index (χ1n) is 10.3. The number of benzene rings is 1. The lowest BCUT2D eigenvalue weighted by Crippen LogP contribution is -2.52. The first kappa shape index (κ1) is 21.1. The van der Waals surface area contributed by atoms with E-state index in [1.54, 1.807) is 24.3 Å². The standard InChI is InChI=1S/C22H28N2O5/c1-16(20(25)24-22(15-23)11-3-2-4-12-22)29-21(26)17-7-9-18(10-8-17)28-14-19-6-5-13-27-19/h7-10,16,19H,2-6,11-14H2,1H3,(H,24,25)/t16-,19+/m0/s1. The third kappa shape index (κ3) is 5.70. The van der Waals surface area contributed by atoms with Gasteiger partial charge in [0, 0.05) is 6.61 Å². The molecule has 1 heterocycles. The molecule has 1 N–H and O–H groups in total. The molecule has 7 heteroatoms. The van der Waals surface area contributed by atoms with Crippen LogP contribution in [-0.4, -0.2) is 42.8 Å². The van der Waals surface area contributed by atoms with Gasteiger partial charge in [0.15, 0.2) is 6.10 Å². The molecule has 29 heavy (non-hydrogen) atoms. The van der Waals surface area contributed by atoms with E-state index < -0.39 is 23.5 Å². The molecule has 7 nitrogen and oxygen atoms in total. The summed E-state index contributed by atoms with van der Waals surface area (Å²) in [6.07, 6.45) is 5.33. The average molecular weight is 400 g/mol. The van der Waals surface area contributed by atoms with Gasteiger partial charge in [-0.15, -0.1) is 0 Å². The molecular weight excluding hydrogens is 372 g/mol. The summed E-state index contributed by atoms with van der Waals surface area (Å²) in [5, 5.41) is 12.3. The maximum Gasteiger partial charge on any atom is 0.338 e. The zero-order valence-corrected chi connectivity index (χ0v) is 16.8. The smallest absolute Gasteiger partial charge is 0.338 e. The zero-order valence-electron chi connectivity index (χ0n) is 16.8. The molecule has 3 rings (SSSR count). The van der Waals surface area contributed by atoms with Crippen molar-refractivity contribution in [3.8, 4) is 11.8 Å². The highest BCUT2D eigenvalue weighted by Crippen LogP contribution is 2.27. The minimum atomic E-state index is -0.981.